The second-order valence-corrected chi connectivity index (χ2v) is 5.10. The molecule has 1 aromatic rings. The summed E-state index contributed by atoms with van der Waals surface area (Å²) in [6, 6.07) is 3.14. The van der Waals surface area contributed by atoms with E-state index in [0.29, 0.717) is 23.2 Å². The number of benzene rings is 1. The van der Waals surface area contributed by atoms with Crippen molar-refractivity contribution >= 4 is 27.6 Å². The van der Waals surface area contributed by atoms with Crippen molar-refractivity contribution in [3.8, 4) is 0 Å². The molecule has 20 heavy (non-hydrogen) atoms. The molecule has 0 aliphatic carbocycles. The van der Waals surface area contributed by atoms with Gasteiger partial charge < -0.3 is 15.5 Å². The fraction of sp³-hybridized carbons (Fsp3) is 0.417. The molecule has 0 aliphatic heterocycles. The summed E-state index contributed by atoms with van der Waals surface area (Å²) in [6.07, 6.45) is -4.36. The van der Waals surface area contributed by atoms with E-state index in [4.69, 9.17) is 0 Å². The fourth-order valence-electron chi connectivity index (χ4n) is 1.36. The van der Waals surface area contributed by atoms with Gasteiger partial charge in [0.05, 0.1) is 5.56 Å². The van der Waals surface area contributed by atoms with Gasteiger partial charge >= 0.3 is 12.2 Å². The minimum atomic E-state index is -4.36. The Bertz CT molecular complexity index is 478. The molecule has 112 valence electrons. The van der Waals surface area contributed by atoms with Crippen LogP contribution in [0.4, 0.5) is 23.7 Å². The summed E-state index contributed by atoms with van der Waals surface area (Å²) >= 11 is 3.09. The SMILES string of the molecule is CN(C)C(=O)NCCNc1ccc(C(F)(F)F)cc1Br. The molecule has 2 N–H and O–H groups in total. The van der Waals surface area contributed by atoms with Gasteiger partial charge in [-0.1, -0.05) is 0 Å². The van der Waals surface area contributed by atoms with Gasteiger partial charge in [0.15, 0.2) is 0 Å². The van der Waals surface area contributed by atoms with Gasteiger partial charge in [-0.2, -0.15) is 13.2 Å². The van der Waals surface area contributed by atoms with E-state index in [1.807, 2.05) is 0 Å². The number of hydrogen-bond donors (Lipinski definition) is 2. The molecule has 0 bridgehead atoms. The maximum Gasteiger partial charge on any atom is 0.416 e. The van der Waals surface area contributed by atoms with Crippen LogP contribution in [0.2, 0.25) is 0 Å². The van der Waals surface area contributed by atoms with Crippen molar-refractivity contribution in [1.29, 1.82) is 0 Å². The summed E-state index contributed by atoms with van der Waals surface area (Å²) in [5.74, 6) is 0. The third-order valence-corrected chi connectivity index (χ3v) is 3.08. The standard InChI is InChI=1S/C12H15BrF3N3O/c1-19(2)11(20)18-6-5-17-10-4-3-8(7-9(10)13)12(14,15)16/h3-4,7,17H,5-6H2,1-2H3,(H,18,20). The number of nitrogens with zero attached hydrogens (tertiary/aromatic N) is 1. The topological polar surface area (TPSA) is 44.4 Å². The highest BCUT2D eigenvalue weighted by molar-refractivity contribution is 9.10. The minimum absolute atomic E-state index is 0.224. The van der Waals surface area contributed by atoms with Crippen molar-refractivity contribution in [3.63, 3.8) is 0 Å². The Kier molecular flexibility index (Phi) is 5.67. The number of anilines is 1. The molecule has 2 amide bonds. The zero-order valence-electron chi connectivity index (χ0n) is 11.0. The molecular formula is C12H15BrF3N3O. The molecule has 1 aromatic carbocycles. The van der Waals surface area contributed by atoms with Crippen molar-refractivity contribution < 1.29 is 18.0 Å². The first-order valence-electron chi connectivity index (χ1n) is 5.77. The van der Waals surface area contributed by atoms with Crippen LogP contribution in [0.25, 0.3) is 0 Å². The van der Waals surface area contributed by atoms with Gasteiger partial charge in [0.1, 0.15) is 0 Å². The molecule has 0 aromatic heterocycles. The molecule has 1 rings (SSSR count). The Morgan fingerprint density at radius 2 is 1.95 bits per heavy atom. The Morgan fingerprint density at radius 1 is 1.30 bits per heavy atom. The lowest BCUT2D eigenvalue weighted by Gasteiger charge is -2.14. The van der Waals surface area contributed by atoms with E-state index in [0.717, 1.165) is 12.1 Å². The molecule has 0 heterocycles. The lowest BCUT2D eigenvalue weighted by molar-refractivity contribution is -0.137. The Morgan fingerprint density at radius 3 is 2.45 bits per heavy atom. The number of carbonyl (C=O) groups excluding carboxylic acids is 1. The molecule has 0 fully saturated rings. The van der Waals surface area contributed by atoms with E-state index >= 15 is 0 Å². The van der Waals surface area contributed by atoms with Gasteiger partial charge in [-0.3, -0.25) is 0 Å². The molecule has 4 nitrogen and oxygen atoms in total. The fourth-order valence-corrected chi connectivity index (χ4v) is 1.88. The normalized spacial score (nSPS) is 11.1. The van der Waals surface area contributed by atoms with Crippen LogP contribution in [-0.4, -0.2) is 38.1 Å². The quantitative estimate of drug-likeness (QED) is 0.816. The van der Waals surface area contributed by atoms with Crippen LogP contribution in [0.15, 0.2) is 22.7 Å². The molecular weight excluding hydrogens is 339 g/mol. The van der Waals surface area contributed by atoms with Crippen LogP contribution in [-0.2, 0) is 6.18 Å². The van der Waals surface area contributed by atoms with Gasteiger partial charge in [-0.15, -0.1) is 0 Å². The molecule has 0 atom stereocenters. The molecule has 0 spiro atoms. The molecule has 0 unspecified atom stereocenters. The molecule has 0 radical (unpaired) electrons. The van der Waals surface area contributed by atoms with E-state index in [-0.39, 0.29) is 6.03 Å². The van der Waals surface area contributed by atoms with Crippen LogP contribution in [0.5, 0.6) is 0 Å². The van der Waals surface area contributed by atoms with Crippen molar-refractivity contribution in [2.24, 2.45) is 0 Å². The van der Waals surface area contributed by atoms with Crippen LogP contribution < -0.4 is 10.6 Å². The average molecular weight is 354 g/mol. The van der Waals surface area contributed by atoms with Gasteiger partial charge in [-0.25, -0.2) is 4.79 Å². The Labute approximate surface area is 123 Å². The number of halogens is 4. The molecule has 0 saturated heterocycles. The van der Waals surface area contributed by atoms with Gasteiger partial charge in [0, 0.05) is 37.3 Å². The van der Waals surface area contributed by atoms with Gasteiger partial charge in [-0.05, 0) is 34.1 Å². The van der Waals surface area contributed by atoms with Crippen molar-refractivity contribution in [2.75, 3.05) is 32.5 Å². The third-order valence-electron chi connectivity index (χ3n) is 2.42. The zero-order chi connectivity index (χ0) is 15.3. The number of urea groups is 1. The molecule has 0 aliphatic rings. The molecule has 8 heteroatoms. The smallest absolute Gasteiger partial charge is 0.382 e. The van der Waals surface area contributed by atoms with Crippen molar-refractivity contribution in [2.45, 2.75) is 6.18 Å². The van der Waals surface area contributed by atoms with Crippen LogP contribution in [0.1, 0.15) is 5.56 Å². The summed E-state index contributed by atoms with van der Waals surface area (Å²) < 4.78 is 37.8. The van der Waals surface area contributed by atoms with Crippen molar-refractivity contribution in [1.82, 2.24) is 10.2 Å². The second-order valence-electron chi connectivity index (χ2n) is 4.25. The summed E-state index contributed by atoms with van der Waals surface area (Å²) in [7, 11) is 3.24. The third kappa shape index (κ3) is 4.92. The van der Waals surface area contributed by atoms with Crippen molar-refractivity contribution in [3.05, 3.63) is 28.2 Å². The van der Waals surface area contributed by atoms with E-state index < -0.39 is 11.7 Å². The number of nitrogens with one attached hydrogen (secondary N) is 2. The minimum Gasteiger partial charge on any atom is -0.382 e. The highest BCUT2D eigenvalue weighted by atomic mass is 79.9. The number of carbonyl (C=O) groups is 1. The predicted molar refractivity (Wildman–Crippen MR) is 74.7 cm³/mol. The van der Waals surface area contributed by atoms with Crippen LogP contribution in [0, 0.1) is 0 Å². The number of rotatable bonds is 4. The number of hydrogen-bond acceptors (Lipinski definition) is 2. The van der Waals surface area contributed by atoms with E-state index in [1.54, 1.807) is 14.1 Å². The maximum absolute atomic E-state index is 12.5. The first-order chi connectivity index (χ1) is 9.21. The van der Waals surface area contributed by atoms with Crippen LogP contribution in [0.3, 0.4) is 0 Å². The summed E-state index contributed by atoms with van der Waals surface area (Å²) in [5, 5.41) is 5.58. The van der Waals surface area contributed by atoms with Gasteiger partial charge in [0.25, 0.3) is 0 Å². The number of alkyl halides is 3. The lowest BCUT2D eigenvalue weighted by atomic mass is 10.2. The second kappa shape index (κ2) is 6.83. The average Bonchev–Trinajstić information content (AvgIpc) is 2.34. The summed E-state index contributed by atoms with van der Waals surface area (Å²) in [6.45, 7) is 0.772. The lowest BCUT2D eigenvalue weighted by Crippen LogP contribution is -2.37. The summed E-state index contributed by atoms with van der Waals surface area (Å²) in [4.78, 5) is 12.6. The monoisotopic (exact) mass is 353 g/mol. The Hall–Kier alpha value is -1.44. The Balaban J connectivity index is 2.51. The summed E-state index contributed by atoms with van der Waals surface area (Å²) in [5.41, 5.74) is -0.173. The first kappa shape index (κ1) is 16.6. The number of amides is 2. The van der Waals surface area contributed by atoms with E-state index in [9.17, 15) is 18.0 Å². The highest BCUT2D eigenvalue weighted by Gasteiger charge is 2.30. The zero-order valence-corrected chi connectivity index (χ0v) is 12.6. The first-order valence-corrected chi connectivity index (χ1v) is 6.57. The largest absolute Gasteiger partial charge is 0.416 e. The van der Waals surface area contributed by atoms with Gasteiger partial charge in [0.2, 0.25) is 0 Å². The van der Waals surface area contributed by atoms with E-state index in [2.05, 4.69) is 26.6 Å². The predicted octanol–water partition coefficient (Wildman–Crippen LogP) is 3.15. The van der Waals surface area contributed by atoms with Crippen LogP contribution >= 0.6 is 15.9 Å². The highest BCUT2D eigenvalue weighted by Crippen LogP contribution is 2.33. The maximum atomic E-state index is 12.5. The molecule has 0 saturated carbocycles. The van der Waals surface area contributed by atoms with E-state index in [1.165, 1.54) is 11.0 Å².